The van der Waals surface area contributed by atoms with E-state index in [0.29, 0.717) is 81.3 Å². The zero-order valence-corrected chi connectivity index (χ0v) is 82.5. The van der Waals surface area contributed by atoms with Gasteiger partial charge in [-0.2, -0.15) is 0 Å². The molecule has 43 nitrogen and oxygen atoms in total. The van der Waals surface area contributed by atoms with Crippen molar-refractivity contribution in [3.63, 3.8) is 0 Å². The number of carbonyl (C=O) groups excluding carboxylic acids is 15. The maximum Gasteiger partial charge on any atom is 0.326 e. The van der Waals surface area contributed by atoms with Gasteiger partial charge in [-0.1, -0.05) is 109 Å². The number of primary amides is 1. The number of hydrogen-bond acceptors (Lipinski definition) is 21. The highest BCUT2D eigenvalue weighted by Gasteiger charge is 2.50. The quantitative estimate of drug-likeness (QED) is 0.0110. The van der Waals surface area contributed by atoms with Gasteiger partial charge in [-0.3, -0.25) is 82.7 Å². The number of nitrogens with one attached hydrogen (secondary N) is 18. The number of imidazole rings is 2. The molecule has 2 aromatic heterocycles. The molecule has 0 spiro atoms. The monoisotopic (exact) mass is 2020 g/mol. The molecule has 1 aliphatic carbocycles. The van der Waals surface area contributed by atoms with E-state index in [1.165, 1.54) is 61.2 Å². The number of H-pyrrole nitrogens is 2. The summed E-state index contributed by atoms with van der Waals surface area (Å²) in [5.41, 5.74) is 17.3. The molecule has 4 saturated heterocycles. The molecule has 10 rings (SSSR count). The summed E-state index contributed by atoms with van der Waals surface area (Å²) in [5.74, 6) is -14.2. The van der Waals surface area contributed by atoms with Crippen LogP contribution in [0.4, 0.5) is 0 Å². The average molecular weight is 2020 g/mol. The van der Waals surface area contributed by atoms with Gasteiger partial charge in [0.05, 0.1) is 24.9 Å². The maximum atomic E-state index is 15.3. The van der Waals surface area contributed by atoms with E-state index in [1.54, 1.807) is 44.3 Å². The number of fused-ring (bicyclic) bond motifs is 1. The Morgan fingerprint density at radius 2 is 1.09 bits per heavy atom. The number of carboxylic acid groups (broad SMARTS) is 1. The van der Waals surface area contributed by atoms with Gasteiger partial charge in [-0.15, -0.1) is 0 Å². The van der Waals surface area contributed by atoms with Crippen LogP contribution in [0.5, 0.6) is 0 Å². The van der Waals surface area contributed by atoms with Gasteiger partial charge >= 0.3 is 5.97 Å². The van der Waals surface area contributed by atoms with Crippen LogP contribution in [0, 0.1) is 34.0 Å². The molecular weight excluding hydrogens is 1880 g/mol. The van der Waals surface area contributed by atoms with Crippen molar-refractivity contribution in [3.05, 3.63) is 131 Å². The van der Waals surface area contributed by atoms with Crippen molar-refractivity contribution in [1.82, 2.24) is 109 Å². The van der Waals surface area contributed by atoms with E-state index in [1.807, 2.05) is 54.6 Å². The van der Waals surface area contributed by atoms with Gasteiger partial charge in [-0.25, -0.2) is 14.8 Å². The number of nitrogens with two attached hydrogens (primary N) is 3. The maximum absolute atomic E-state index is 15.3. The van der Waals surface area contributed by atoms with Gasteiger partial charge < -0.3 is 121 Å². The largest absolute Gasteiger partial charge is 0.480 e. The number of guanidine groups is 2. The Hall–Kier alpha value is -13.4. The summed E-state index contributed by atoms with van der Waals surface area (Å²) in [4.78, 5) is 251. The van der Waals surface area contributed by atoms with Gasteiger partial charge in [-0.05, 0) is 202 Å². The van der Waals surface area contributed by atoms with E-state index in [-0.39, 0.29) is 146 Å². The lowest BCUT2D eigenvalue weighted by Crippen LogP contribution is -2.64. The minimum atomic E-state index is -1.90. The number of nitrogens with zero attached hydrogens (tertiary/aromatic N) is 5. The van der Waals surface area contributed by atoms with Gasteiger partial charge in [0.15, 0.2) is 11.9 Å². The minimum absolute atomic E-state index is 0.0171. The third kappa shape index (κ3) is 32.6. The molecule has 44 heteroatoms. The number of carbonyl (C=O) groups is 16. The highest BCUT2D eigenvalue weighted by molar-refractivity contribution is 9.10. The summed E-state index contributed by atoms with van der Waals surface area (Å²) >= 11 is 3.48. The number of hydrogen-bond donors (Lipinski definition) is 22. The first-order valence-corrected chi connectivity index (χ1v) is 49.5. The number of carboxylic acids is 1. The third-order valence-electron chi connectivity index (χ3n) is 26.6. The summed E-state index contributed by atoms with van der Waals surface area (Å²) in [6, 6.07) is 9.03. The fourth-order valence-corrected chi connectivity index (χ4v) is 19.0. The smallest absolute Gasteiger partial charge is 0.326 e. The molecule has 0 unspecified atom stereocenters. The Bertz CT molecular complexity index is 5160. The number of rotatable bonds is 50. The second kappa shape index (κ2) is 52.7. The summed E-state index contributed by atoms with van der Waals surface area (Å²) in [6.07, 6.45) is 11.0. The zero-order valence-electron chi connectivity index (χ0n) is 80.9. The predicted octanol–water partition coefficient (Wildman–Crippen LogP) is 0.709. The van der Waals surface area contributed by atoms with Crippen molar-refractivity contribution < 1.29 is 81.8 Å². The molecule has 4 aliphatic heterocycles. The molecule has 0 bridgehead atoms. The molecule has 25 N–H and O–H groups in total. The first-order chi connectivity index (χ1) is 67.2. The summed E-state index contributed by atoms with van der Waals surface area (Å²) in [5, 5.41) is 65.1. The molecule has 15 amide bonds. The van der Waals surface area contributed by atoms with Crippen molar-refractivity contribution in [2.45, 2.75) is 274 Å². The van der Waals surface area contributed by atoms with Gasteiger partial charge in [0.25, 0.3) is 0 Å². The van der Waals surface area contributed by atoms with E-state index in [0.717, 1.165) is 34.1 Å². The standard InChI is InChI=1S/C97H139BrN26O17/c1-56(2)45-69(115-81(128)66(20-14-38-108-94(100)101)113-85(132)75-23-12-13-43-122(75)88(135)68(21-15-39-109-95(102)103)114-82(129)67(33-34-78(99)125)119-92(140)96(3,4)91(139)107-42-37-64-51-105-54-111-64)84(131)121-97(5,6)93(141)120-71(50-65-52-106-55-112-65)83(130)116-70(46-59-35-40-104-41-36-59)80(127)110-53-79(126)124-74-22-11-10-19-62(74)49-77(124)87(134)117-72(47-58-27-31-63(98)32-28-58)89(136)123-44-16-24-76(123)86(133)118-73(90(137)138)48-57-25-29-61(30-26-57)60-17-8-7-9-18-60/h7-9,17-18,25-32,51-52,54-56,59,62,66-77,104H,10-16,19-24,33-50,53H2,1-6H3,(H2,99,125)(H,105,111)(H,106,112)(H,107,139)(H,110,127)(H,113,132)(H,114,129)(H,115,128)(H,116,130)(H,117,134)(H,118,133)(H,119,140)(H,120,141)(H,121,131)(H,137,138)(H4,100,101,108)(H4,102,103,109)/t62-,66+,67-,68-,69-,70-,71-,72-,73+,74-,75-,76-,77-/m0/s1. The Balaban J connectivity index is 0.810. The number of amides is 15. The van der Waals surface area contributed by atoms with Crippen LogP contribution in [0.25, 0.3) is 11.1 Å². The van der Waals surface area contributed by atoms with E-state index in [4.69, 9.17) is 28.0 Å². The molecule has 13 atom stereocenters. The summed E-state index contributed by atoms with van der Waals surface area (Å²) < 4.78 is 0.757. The van der Waals surface area contributed by atoms with Crippen LogP contribution < -0.4 is 91.6 Å². The molecule has 1 saturated carbocycles. The highest BCUT2D eigenvalue weighted by Crippen LogP contribution is 2.40. The van der Waals surface area contributed by atoms with Crippen molar-refractivity contribution >= 4 is 122 Å². The number of benzene rings is 3. The summed E-state index contributed by atoms with van der Waals surface area (Å²) in [6.45, 7) is 9.90. The molecule has 766 valence electrons. The van der Waals surface area contributed by atoms with Crippen LogP contribution in [0.3, 0.4) is 0 Å². The van der Waals surface area contributed by atoms with Crippen LogP contribution in [-0.4, -0.2) is 277 Å². The van der Waals surface area contributed by atoms with Crippen LogP contribution in [-0.2, 0) is 102 Å². The first-order valence-electron chi connectivity index (χ1n) is 48.7. The van der Waals surface area contributed by atoms with E-state index < -0.39 is 191 Å². The Kier molecular flexibility index (Phi) is 41.0. The van der Waals surface area contributed by atoms with Gasteiger partial charge in [0.1, 0.15) is 77.4 Å². The first kappa shape index (κ1) is 110. The number of likely N-dealkylation sites (tertiary alicyclic amines) is 3. The minimum Gasteiger partial charge on any atom is -0.480 e. The summed E-state index contributed by atoms with van der Waals surface area (Å²) in [7, 11) is 0. The number of aromatic amines is 2. The topological polar surface area (TPSA) is 655 Å². The van der Waals surface area contributed by atoms with Crippen LogP contribution >= 0.6 is 15.9 Å². The lowest BCUT2D eigenvalue weighted by Gasteiger charge is -2.38. The van der Waals surface area contributed by atoms with Crippen molar-refractivity contribution in [2.24, 2.45) is 40.4 Å². The van der Waals surface area contributed by atoms with Crippen molar-refractivity contribution in [3.8, 4) is 11.1 Å². The van der Waals surface area contributed by atoms with Gasteiger partial charge in [0, 0.05) is 93.4 Å². The number of piperidine rings is 2. The van der Waals surface area contributed by atoms with E-state index >= 15 is 33.6 Å². The molecule has 3 aromatic carbocycles. The molecule has 141 heavy (non-hydrogen) atoms. The molecule has 5 aromatic rings. The lowest BCUT2D eigenvalue weighted by atomic mass is 9.84. The SMILES string of the molecule is CC(C)C[C@H](NC(=O)[C@@H](CCCNC(=N)N)NC(=O)[C@@H]1CCCCN1C(=O)[C@H](CCCNC(=N)N)NC(=O)[C@H](CCC(N)=O)NC(=O)C(C)(C)C(=O)NCCc1cnc[nH]1)C(=O)NC(C)(C)C(=O)N[C@@H](Cc1c[nH]cn1)C(=O)N[C@@H](CC1CCNCC1)C(=O)NCC(=O)N1[C@H](C(=O)N[C@@H](Cc2ccc(Br)cc2)C(=O)N2CCC[C@H]2C(=O)N[C@H](Cc2ccc(-c3ccccc3)cc2)C(=O)O)C[C@@H]2CCCC[C@@H]21. The highest BCUT2D eigenvalue weighted by atomic mass is 79.9. The van der Waals surface area contributed by atoms with E-state index in [9.17, 15) is 48.3 Å². The molecule has 5 aliphatic rings. The Morgan fingerprint density at radius 1 is 0.532 bits per heavy atom. The predicted molar refractivity (Wildman–Crippen MR) is 525 cm³/mol. The number of aliphatic carboxylic acids is 1. The van der Waals surface area contributed by atoms with Crippen molar-refractivity contribution in [1.29, 1.82) is 10.8 Å². The van der Waals surface area contributed by atoms with Gasteiger partial charge in [0.2, 0.25) is 88.6 Å². The molecular formula is C97H139BrN26O17. The second-order valence-corrected chi connectivity index (χ2v) is 39.5. The van der Waals surface area contributed by atoms with Crippen LogP contribution in [0.1, 0.15) is 192 Å². The van der Waals surface area contributed by atoms with E-state index in [2.05, 4.69) is 110 Å². The number of aromatic nitrogens is 4. The number of halogens is 1. The zero-order chi connectivity index (χ0) is 102. The normalized spacial score (nSPS) is 18.8. The molecule has 6 heterocycles. The Labute approximate surface area is 828 Å². The van der Waals surface area contributed by atoms with Crippen LogP contribution in [0.15, 0.2) is 108 Å². The fourth-order valence-electron chi connectivity index (χ4n) is 18.7. The molecule has 5 fully saturated rings. The average Bonchev–Trinajstić information content (AvgIpc) is 1.63. The van der Waals surface area contributed by atoms with Crippen LogP contribution in [0.2, 0.25) is 0 Å². The van der Waals surface area contributed by atoms with Crippen molar-refractivity contribution in [2.75, 3.05) is 52.4 Å². The lowest BCUT2D eigenvalue weighted by molar-refractivity contribution is -0.146. The second-order valence-electron chi connectivity index (χ2n) is 38.6. The fraction of sp³-hybridized carbons (Fsp3) is 0.567. The third-order valence-corrected chi connectivity index (χ3v) is 27.1. The molecule has 0 radical (unpaired) electrons. The Morgan fingerprint density at radius 3 is 1.70 bits per heavy atom.